The monoisotopic (exact) mass is 330 g/mol. The third-order valence-corrected chi connectivity index (χ3v) is 4.12. The molecule has 2 unspecified atom stereocenters. The van der Waals surface area contributed by atoms with E-state index in [0.717, 1.165) is 12.2 Å². The number of rotatable bonds is 2. The van der Waals surface area contributed by atoms with Crippen LogP contribution in [0.15, 0.2) is 28.8 Å². The van der Waals surface area contributed by atoms with Gasteiger partial charge in [-0.15, -0.1) is 0 Å². The Morgan fingerprint density at radius 3 is 3.04 bits per heavy atom. The SMILES string of the molecule is CC(=O)N1CC(c2nc(C3COCCN3)no2)Oc2ccccc21. The molecule has 0 radical (unpaired) electrons. The highest BCUT2D eigenvalue weighted by molar-refractivity contribution is 5.93. The van der Waals surface area contributed by atoms with E-state index in [4.69, 9.17) is 14.0 Å². The van der Waals surface area contributed by atoms with Crippen molar-refractivity contribution in [2.24, 2.45) is 0 Å². The van der Waals surface area contributed by atoms with E-state index in [1.165, 1.54) is 6.92 Å². The van der Waals surface area contributed by atoms with Crippen molar-refractivity contribution in [3.05, 3.63) is 36.0 Å². The first kappa shape index (κ1) is 15.1. The van der Waals surface area contributed by atoms with Crippen LogP contribution in [0.25, 0.3) is 0 Å². The quantitative estimate of drug-likeness (QED) is 0.885. The zero-order valence-electron chi connectivity index (χ0n) is 13.3. The number of aromatic nitrogens is 2. The minimum Gasteiger partial charge on any atom is -0.476 e. The van der Waals surface area contributed by atoms with Crippen LogP contribution >= 0.6 is 0 Å². The molecule has 2 aliphatic heterocycles. The lowest BCUT2D eigenvalue weighted by atomic mass is 10.2. The summed E-state index contributed by atoms with van der Waals surface area (Å²) in [6, 6.07) is 7.33. The van der Waals surface area contributed by atoms with Gasteiger partial charge in [0.1, 0.15) is 5.75 Å². The zero-order chi connectivity index (χ0) is 16.5. The highest BCUT2D eigenvalue weighted by Gasteiger charge is 2.33. The van der Waals surface area contributed by atoms with Gasteiger partial charge in [0.15, 0.2) is 11.9 Å². The minimum absolute atomic E-state index is 0.0576. The molecule has 1 N–H and O–H groups in total. The number of para-hydroxylation sites is 2. The summed E-state index contributed by atoms with van der Waals surface area (Å²) < 4.78 is 16.8. The molecule has 1 fully saturated rings. The summed E-state index contributed by atoms with van der Waals surface area (Å²) in [5, 5.41) is 7.31. The average Bonchev–Trinajstić information content (AvgIpc) is 3.11. The molecule has 8 nitrogen and oxygen atoms in total. The van der Waals surface area contributed by atoms with Gasteiger partial charge < -0.3 is 24.2 Å². The molecule has 4 rings (SSSR count). The Kier molecular flexibility index (Phi) is 3.91. The summed E-state index contributed by atoms with van der Waals surface area (Å²) in [6.07, 6.45) is -0.491. The number of benzene rings is 1. The lowest BCUT2D eigenvalue weighted by molar-refractivity contribution is -0.117. The topological polar surface area (TPSA) is 89.7 Å². The van der Waals surface area contributed by atoms with Gasteiger partial charge in [-0.25, -0.2) is 0 Å². The predicted molar refractivity (Wildman–Crippen MR) is 83.7 cm³/mol. The predicted octanol–water partition coefficient (Wildman–Crippen LogP) is 1.22. The summed E-state index contributed by atoms with van der Waals surface area (Å²) in [5.74, 6) is 1.47. The summed E-state index contributed by atoms with van der Waals surface area (Å²) >= 11 is 0. The number of morpholine rings is 1. The molecule has 24 heavy (non-hydrogen) atoms. The van der Waals surface area contributed by atoms with Crippen molar-refractivity contribution in [3.63, 3.8) is 0 Å². The summed E-state index contributed by atoms with van der Waals surface area (Å²) in [6.45, 7) is 3.80. The van der Waals surface area contributed by atoms with Crippen LogP contribution in [-0.2, 0) is 9.53 Å². The second kappa shape index (κ2) is 6.21. The molecule has 8 heteroatoms. The molecule has 0 saturated carbocycles. The number of amides is 1. The lowest BCUT2D eigenvalue weighted by Crippen LogP contribution is -2.38. The summed E-state index contributed by atoms with van der Waals surface area (Å²) in [5.41, 5.74) is 0.753. The molecule has 1 amide bonds. The van der Waals surface area contributed by atoms with E-state index in [9.17, 15) is 4.79 Å². The van der Waals surface area contributed by atoms with Gasteiger partial charge in [-0.1, -0.05) is 17.3 Å². The summed E-state index contributed by atoms with van der Waals surface area (Å²) in [4.78, 5) is 18.1. The highest BCUT2D eigenvalue weighted by Crippen LogP contribution is 2.37. The third-order valence-electron chi connectivity index (χ3n) is 4.12. The third kappa shape index (κ3) is 2.74. The fraction of sp³-hybridized carbons (Fsp3) is 0.438. The van der Waals surface area contributed by atoms with Gasteiger partial charge in [0.25, 0.3) is 5.89 Å². The number of ether oxygens (including phenoxy) is 2. The maximum Gasteiger partial charge on any atom is 0.269 e. The van der Waals surface area contributed by atoms with Crippen molar-refractivity contribution in [1.29, 1.82) is 0 Å². The Labute approximate surface area is 138 Å². The molecule has 2 aliphatic rings. The molecule has 126 valence electrons. The molecule has 2 atom stereocenters. The van der Waals surface area contributed by atoms with Gasteiger partial charge in [-0.3, -0.25) is 4.79 Å². The molecular weight excluding hydrogens is 312 g/mol. The Bertz CT molecular complexity index is 741. The molecule has 0 bridgehead atoms. The largest absolute Gasteiger partial charge is 0.476 e. The van der Waals surface area contributed by atoms with Crippen LogP contribution in [-0.4, -0.2) is 42.4 Å². The second-order valence-electron chi connectivity index (χ2n) is 5.78. The maximum absolute atomic E-state index is 12.0. The number of hydrogen-bond donors (Lipinski definition) is 1. The van der Waals surface area contributed by atoms with Gasteiger partial charge in [0.05, 0.1) is 31.5 Å². The number of nitrogens with one attached hydrogen (secondary N) is 1. The van der Waals surface area contributed by atoms with E-state index in [2.05, 4.69) is 15.5 Å². The highest BCUT2D eigenvalue weighted by atomic mass is 16.5. The number of carbonyl (C=O) groups excluding carboxylic acids is 1. The van der Waals surface area contributed by atoms with E-state index >= 15 is 0 Å². The van der Waals surface area contributed by atoms with Crippen molar-refractivity contribution in [1.82, 2.24) is 15.5 Å². The molecule has 3 heterocycles. The van der Waals surface area contributed by atoms with Crippen LogP contribution in [0, 0.1) is 0 Å². The molecule has 1 saturated heterocycles. The normalized spacial score (nSPS) is 23.5. The van der Waals surface area contributed by atoms with Crippen LogP contribution in [0.1, 0.15) is 30.8 Å². The Morgan fingerprint density at radius 1 is 1.38 bits per heavy atom. The smallest absolute Gasteiger partial charge is 0.269 e. The van der Waals surface area contributed by atoms with Crippen molar-refractivity contribution in [2.75, 3.05) is 31.2 Å². The minimum atomic E-state index is -0.491. The first-order valence-electron chi connectivity index (χ1n) is 7.91. The van der Waals surface area contributed by atoms with Crippen molar-refractivity contribution in [3.8, 4) is 5.75 Å². The van der Waals surface area contributed by atoms with Gasteiger partial charge in [0, 0.05) is 13.5 Å². The molecular formula is C16H18N4O4. The number of nitrogens with zero attached hydrogens (tertiary/aromatic N) is 3. The fourth-order valence-electron chi connectivity index (χ4n) is 2.91. The maximum atomic E-state index is 12.0. The van der Waals surface area contributed by atoms with Crippen LogP contribution in [0.2, 0.25) is 0 Å². The molecule has 1 aromatic carbocycles. The lowest BCUT2D eigenvalue weighted by Gasteiger charge is -2.32. The number of fused-ring (bicyclic) bond motifs is 1. The number of anilines is 1. The van der Waals surface area contributed by atoms with Crippen LogP contribution < -0.4 is 15.0 Å². The first-order valence-corrected chi connectivity index (χ1v) is 7.91. The van der Waals surface area contributed by atoms with Crippen molar-refractivity contribution < 1.29 is 18.8 Å². The van der Waals surface area contributed by atoms with Crippen LogP contribution in [0.4, 0.5) is 5.69 Å². The fourth-order valence-corrected chi connectivity index (χ4v) is 2.91. The molecule has 0 spiro atoms. The van der Waals surface area contributed by atoms with Gasteiger partial charge in [0.2, 0.25) is 5.91 Å². The Balaban J connectivity index is 1.59. The average molecular weight is 330 g/mol. The van der Waals surface area contributed by atoms with Gasteiger partial charge in [-0.05, 0) is 12.1 Å². The van der Waals surface area contributed by atoms with E-state index < -0.39 is 6.10 Å². The summed E-state index contributed by atoms with van der Waals surface area (Å²) in [7, 11) is 0. The molecule has 0 aliphatic carbocycles. The second-order valence-corrected chi connectivity index (χ2v) is 5.78. The van der Waals surface area contributed by atoms with E-state index in [1.807, 2.05) is 24.3 Å². The van der Waals surface area contributed by atoms with Crippen molar-refractivity contribution in [2.45, 2.75) is 19.1 Å². The van der Waals surface area contributed by atoms with E-state index in [0.29, 0.717) is 37.2 Å². The van der Waals surface area contributed by atoms with Crippen molar-refractivity contribution >= 4 is 11.6 Å². The van der Waals surface area contributed by atoms with Crippen LogP contribution in [0.3, 0.4) is 0 Å². The Morgan fingerprint density at radius 2 is 2.25 bits per heavy atom. The molecule has 2 aromatic rings. The first-order chi connectivity index (χ1) is 11.7. The number of carbonyl (C=O) groups is 1. The van der Waals surface area contributed by atoms with Gasteiger partial charge in [-0.2, -0.15) is 4.98 Å². The molecule has 1 aromatic heterocycles. The van der Waals surface area contributed by atoms with E-state index in [1.54, 1.807) is 4.90 Å². The zero-order valence-corrected chi connectivity index (χ0v) is 13.3. The van der Waals surface area contributed by atoms with Crippen LogP contribution in [0.5, 0.6) is 5.75 Å². The van der Waals surface area contributed by atoms with Gasteiger partial charge >= 0.3 is 0 Å². The van der Waals surface area contributed by atoms with E-state index in [-0.39, 0.29) is 11.9 Å². The Hall–Kier alpha value is -2.45. The number of hydrogen-bond acceptors (Lipinski definition) is 7. The standard InChI is InChI=1S/C16H18N4O4/c1-10(21)20-8-14(23-13-5-3-2-4-12(13)20)16-18-15(19-24-16)11-9-22-7-6-17-11/h2-5,11,14,17H,6-9H2,1H3.